The van der Waals surface area contributed by atoms with Gasteiger partial charge < -0.3 is 15.0 Å². The molecule has 32 heavy (non-hydrogen) atoms. The molecule has 170 valence electrons. The van der Waals surface area contributed by atoms with Crippen molar-refractivity contribution >= 4 is 17.9 Å². The maximum atomic E-state index is 14.2. The van der Waals surface area contributed by atoms with Crippen LogP contribution in [0.15, 0.2) is 48.5 Å². The van der Waals surface area contributed by atoms with E-state index in [-0.39, 0.29) is 12.1 Å². The summed E-state index contributed by atoms with van der Waals surface area (Å²) in [6, 6.07) is 11.4. The number of carbonyl (C=O) groups is 1. The van der Waals surface area contributed by atoms with Crippen LogP contribution in [0.1, 0.15) is 37.9 Å². The molecule has 0 bridgehead atoms. The van der Waals surface area contributed by atoms with Gasteiger partial charge in [0, 0.05) is 32.2 Å². The molecule has 1 amide bonds. The van der Waals surface area contributed by atoms with Gasteiger partial charge in [0.25, 0.3) is 0 Å². The number of amides is 1. The number of rotatable bonds is 3. The second-order valence-electron chi connectivity index (χ2n) is 9.22. The average Bonchev–Trinajstić information content (AvgIpc) is 2.73. The Morgan fingerprint density at radius 1 is 1.06 bits per heavy atom. The second kappa shape index (κ2) is 8.90. The SMILES string of the molecule is CC(C)(C)OC(=O)N[C@@H]1c2ccccc2C=C[C@H]1N1CCN(c2ccc(F)cc2F)CC1. The Bertz CT molecular complexity index is 1010. The highest BCUT2D eigenvalue weighted by Crippen LogP contribution is 2.32. The van der Waals surface area contributed by atoms with E-state index in [1.54, 1.807) is 0 Å². The molecule has 0 aromatic heterocycles. The molecular weight excluding hydrogens is 412 g/mol. The third kappa shape index (κ3) is 4.93. The molecule has 1 fully saturated rings. The van der Waals surface area contributed by atoms with E-state index in [4.69, 9.17) is 4.74 Å². The van der Waals surface area contributed by atoms with Crippen molar-refractivity contribution in [3.63, 3.8) is 0 Å². The number of nitrogens with one attached hydrogen (secondary N) is 1. The first kappa shape index (κ1) is 22.3. The number of anilines is 1. The van der Waals surface area contributed by atoms with Crippen molar-refractivity contribution in [3.8, 4) is 0 Å². The van der Waals surface area contributed by atoms with E-state index in [1.165, 1.54) is 12.1 Å². The third-order valence-corrected chi connectivity index (χ3v) is 5.80. The van der Waals surface area contributed by atoms with E-state index in [1.807, 2.05) is 49.9 Å². The molecule has 2 aromatic rings. The summed E-state index contributed by atoms with van der Waals surface area (Å²) in [4.78, 5) is 16.8. The summed E-state index contributed by atoms with van der Waals surface area (Å²) in [6.45, 7) is 8.09. The Labute approximate surface area is 187 Å². The van der Waals surface area contributed by atoms with Gasteiger partial charge >= 0.3 is 6.09 Å². The predicted molar refractivity (Wildman–Crippen MR) is 122 cm³/mol. The minimum atomic E-state index is -0.589. The van der Waals surface area contributed by atoms with Gasteiger partial charge in [-0.2, -0.15) is 0 Å². The fourth-order valence-corrected chi connectivity index (χ4v) is 4.37. The fourth-order valence-electron chi connectivity index (χ4n) is 4.37. The molecule has 1 saturated heterocycles. The number of nitrogens with zero attached hydrogens (tertiary/aromatic N) is 2. The average molecular weight is 442 g/mol. The molecule has 1 aliphatic heterocycles. The number of fused-ring (bicyclic) bond motifs is 1. The Balaban J connectivity index is 1.51. The van der Waals surface area contributed by atoms with Gasteiger partial charge in [0.2, 0.25) is 0 Å². The minimum Gasteiger partial charge on any atom is -0.444 e. The standard InChI is InChI=1S/C25H29F2N3O2/c1-25(2,3)32-24(31)28-23-19-7-5-4-6-17(19)8-10-22(23)30-14-12-29(13-15-30)21-11-9-18(26)16-20(21)27/h4-11,16,22-23H,12-15H2,1-3H3,(H,28,31)/t22-,23-/m1/s1. The normalized spacial score (nSPS) is 21.2. The number of halogens is 2. The molecule has 0 saturated carbocycles. The van der Waals surface area contributed by atoms with E-state index in [2.05, 4.69) is 22.4 Å². The van der Waals surface area contributed by atoms with Gasteiger partial charge in [-0.3, -0.25) is 4.90 Å². The van der Waals surface area contributed by atoms with Crippen LogP contribution >= 0.6 is 0 Å². The summed E-state index contributed by atoms with van der Waals surface area (Å²) < 4.78 is 33.0. The zero-order chi connectivity index (χ0) is 22.9. The van der Waals surface area contributed by atoms with E-state index < -0.39 is 23.3 Å². The molecule has 0 spiro atoms. The molecule has 7 heteroatoms. The van der Waals surface area contributed by atoms with Crippen molar-refractivity contribution in [2.45, 2.75) is 38.5 Å². The molecule has 1 heterocycles. The summed E-state index contributed by atoms with van der Waals surface area (Å²) in [6.07, 6.45) is 3.74. The zero-order valence-electron chi connectivity index (χ0n) is 18.6. The monoisotopic (exact) mass is 441 g/mol. The lowest BCUT2D eigenvalue weighted by Crippen LogP contribution is -2.54. The van der Waals surface area contributed by atoms with Gasteiger partial charge in [-0.05, 0) is 44.0 Å². The van der Waals surface area contributed by atoms with Crippen molar-refractivity contribution in [1.82, 2.24) is 10.2 Å². The number of benzene rings is 2. The quantitative estimate of drug-likeness (QED) is 0.747. The van der Waals surface area contributed by atoms with Crippen LogP contribution in [0.4, 0.5) is 19.3 Å². The van der Waals surface area contributed by atoms with Crippen LogP contribution in [0.5, 0.6) is 0 Å². The largest absolute Gasteiger partial charge is 0.444 e. The van der Waals surface area contributed by atoms with Crippen LogP contribution < -0.4 is 10.2 Å². The lowest BCUT2D eigenvalue weighted by molar-refractivity contribution is 0.0470. The van der Waals surface area contributed by atoms with Gasteiger partial charge in [-0.15, -0.1) is 0 Å². The van der Waals surface area contributed by atoms with Crippen molar-refractivity contribution in [2.75, 3.05) is 31.1 Å². The van der Waals surface area contributed by atoms with Crippen molar-refractivity contribution < 1.29 is 18.3 Å². The number of ether oxygens (including phenoxy) is 1. The van der Waals surface area contributed by atoms with Crippen molar-refractivity contribution in [2.24, 2.45) is 0 Å². The van der Waals surface area contributed by atoms with Gasteiger partial charge in [0.05, 0.1) is 17.8 Å². The first-order valence-corrected chi connectivity index (χ1v) is 10.9. The summed E-state index contributed by atoms with van der Waals surface area (Å²) >= 11 is 0. The fraction of sp³-hybridized carbons (Fsp3) is 0.400. The molecule has 2 aromatic carbocycles. The number of hydrogen-bond acceptors (Lipinski definition) is 4. The third-order valence-electron chi connectivity index (χ3n) is 5.80. The number of hydrogen-bond donors (Lipinski definition) is 1. The van der Waals surface area contributed by atoms with Crippen LogP contribution in [0.25, 0.3) is 6.08 Å². The molecule has 1 aliphatic carbocycles. The van der Waals surface area contributed by atoms with Crippen LogP contribution in [0.3, 0.4) is 0 Å². The van der Waals surface area contributed by atoms with Crippen LogP contribution in [0.2, 0.25) is 0 Å². The predicted octanol–water partition coefficient (Wildman–Crippen LogP) is 4.75. The molecule has 5 nitrogen and oxygen atoms in total. The molecule has 1 N–H and O–H groups in total. The molecular formula is C25H29F2N3O2. The van der Waals surface area contributed by atoms with Crippen LogP contribution in [-0.2, 0) is 4.74 Å². The first-order chi connectivity index (χ1) is 15.2. The van der Waals surface area contributed by atoms with Crippen molar-refractivity contribution in [1.29, 1.82) is 0 Å². The second-order valence-corrected chi connectivity index (χ2v) is 9.22. The number of carbonyl (C=O) groups excluding carboxylic acids is 1. The summed E-state index contributed by atoms with van der Waals surface area (Å²) in [5, 5.41) is 3.07. The first-order valence-electron chi connectivity index (χ1n) is 10.9. The minimum absolute atomic E-state index is 0.0577. The Hall–Kier alpha value is -2.93. The van der Waals surface area contributed by atoms with Gasteiger partial charge in [0.15, 0.2) is 0 Å². The highest BCUT2D eigenvalue weighted by molar-refractivity contribution is 5.70. The van der Waals surface area contributed by atoms with Crippen molar-refractivity contribution in [3.05, 3.63) is 71.3 Å². The van der Waals surface area contributed by atoms with Crippen LogP contribution in [-0.4, -0.2) is 48.8 Å². The summed E-state index contributed by atoms with van der Waals surface area (Å²) in [5.41, 5.74) is 1.93. The summed E-state index contributed by atoms with van der Waals surface area (Å²) in [5.74, 6) is -1.12. The Morgan fingerprint density at radius 3 is 2.47 bits per heavy atom. The molecule has 2 atom stereocenters. The molecule has 0 radical (unpaired) electrons. The van der Waals surface area contributed by atoms with Crippen LogP contribution in [0, 0.1) is 11.6 Å². The Morgan fingerprint density at radius 2 is 1.78 bits per heavy atom. The van der Waals surface area contributed by atoms with Gasteiger partial charge in [-0.25, -0.2) is 13.6 Å². The summed E-state index contributed by atoms with van der Waals surface area (Å²) in [7, 11) is 0. The smallest absolute Gasteiger partial charge is 0.408 e. The molecule has 0 unspecified atom stereocenters. The van der Waals surface area contributed by atoms with E-state index >= 15 is 0 Å². The van der Waals surface area contributed by atoms with Gasteiger partial charge in [0.1, 0.15) is 17.2 Å². The van der Waals surface area contributed by atoms with Gasteiger partial charge in [-0.1, -0.05) is 36.4 Å². The molecule has 4 rings (SSSR count). The Kier molecular flexibility index (Phi) is 6.20. The lowest BCUT2D eigenvalue weighted by Gasteiger charge is -2.43. The number of piperazine rings is 1. The highest BCUT2D eigenvalue weighted by Gasteiger charge is 2.34. The van der Waals surface area contributed by atoms with E-state index in [0.717, 1.165) is 17.2 Å². The topological polar surface area (TPSA) is 44.8 Å². The lowest BCUT2D eigenvalue weighted by atomic mass is 9.88. The maximum absolute atomic E-state index is 14.2. The van der Waals surface area contributed by atoms with E-state index in [9.17, 15) is 13.6 Å². The molecule has 2 aliphatic rings. The zero-order valence-corrected chi connectivity index (χ0v) is 18.6. The van der Waals surface area contributed by atoms with E-state index in [0.29, 0.717) is 31.9 Å². The highest BCUT2D eigenvalue weighted by atomic mass is 19.1. The maximum Gasteiger partial charge on any atom is 0.408 e. The number of alkyl carbamates (subject to hydrolysis) is 1.